The number of benzene rings is 1. The summed E-state index contributed by atoms with van der Waals surface area (Å²) in [6, 6.07) is 2.08. The maximum absolute atomic E-state index is 14.1. The van der Waals surface area contributed by atoms with E-state index in [-0.39, 0.29) is 17.7 Å². The molecule has 166 valence electrons. The molecule has 1 aliphatic carbocycles. The second-order valence-corrected chi connectivity index (χ2v) is 10.8. The normalized spacial score (nSPS) is 20.6. The fraction of sp³-hybridized carbons (Fsp3) is 0.522. The SMILES string of the molecule is CC(C)c1cc(F)cc(C(C)C)c1NC(=O)N=[S-](=O)C1(C)C=CC=C(C(C)(C)O)C1. The van der Waals surface area contributed by atoms with Gasteiger partial charge in [0.15, 0.2) is 0 Å². The highest BCUT2D eigenvalue weighted by molar-refractivity contribution is 7.77. The van der Waals surface area contributed by atoms with E-state index in [1.54, 1.807) is 39.0 Å². The number of hydrogen-bond acceptors (Lipinski definition) is 4. The van der Waals surface area contributed by atoms with Crippen LogP contribution in [-0.2, 0) is 14.8 Å². The molecule has 1 aliphatic rings. The van der Waals surface area contributed by atoms with Crippen LogP contribution in [0.4, 0.5) is 14.9 Å². The zero-order chi connectivity index (χ0) is 22.9. The number of aliphatic hydroxyl groups is 1. The second kappa shape index (κ2) is 9.02. The van der Waals surface area contributed by atoms with E-state index in [1.807, 2.05) is 27.7 Å². The van der Waals surface area contributed by atoms with Crippen LogP contribution < -0.4 is 5.32 Å². The number of carbonyl (C=O) groups is 1. The van der Waals surface area contributed by atoms with Gasteiger partial charge in [-0.1, -0.05) is 52.8 Å². The van der Waals surface area contributed by atoms with Crippen LogP contribution in [-0.4, -0.2) is 21.5 Å². The molecule has 1 aromatic rings. The van der Waals surface area contributed by atoms with Gasteiger partial charge in [0.1, 0.15) is 5.82 Å². The molecular weight excluding hydrogens is 403 g/mol. The summed E-state index contributed by atoms with van der Waals surface area (Å²) >= 11 is 0. The van der Waals surface area contributed by atoms with Gasteiger partial charge in [0, 0.05) is 5.69 Å². The smallest absolute Gasteiger partial charge is 0.322 e. The van der Waals surface area contributed by atoms with E-state index in [0.717, 1.165) is 5.57 Å². The molecule has 1 unspecified atom stereocenters. The van der Waals surface area contributed by atoms with Gasteiger partial charge in [0.05, 0.1) is 5.60 Å². The van der Waals surface area contributed by atoms with Crippen molar-refractivity contribution in [3.05, 3.63) is 52.9 Å². The summed E-state index contributed by atoms with van der Waals surface area (Å²) < 4.78 is 30.0. The Labute approximate surface area is 180 Å². The van der Waals surface area contributed by atoms with Crippen LogP contribution in [0.5, 0.6) is 0 Å². The Morgan fingerprint density at radius 3 is 2.23 bits per heavy atom. The molecule has 30 heavy (non-hydrogen) atoms. The molecule has 0 heterocycles. The van der Waals surface area contributed by atoms with Crippen LogP contribution in [0, 0.1) is 5.82 Å². The molecule has 0 saturated heterocycles. The predicted octanol–water partition coefficient (Wildman–Crippen LogP) is 6.17. The summed E-state index contributed by atoms with van der Waals surface area (Å²) in [5, 5.41) is 13.0. The van der Waals surface area contributed by atoms with Gasteiger partial charge in [-0.2, -0.15) is 10.6 Å². The third-order valence-corrected chi connectivity index (χ3v) is 6.69. The van der Waals surface area contributed by atoms with E-state index in [0.29, 0.717) is 23.2 Å². The Kier molecular flexibility index (Phi) is 7.30. The topological polar surface area (TPSA) is 78.8 Å². The quantitative estimate of drug-likeness (QED) is 0.543. The Morgan fingerprint density at radius 1 is 1.23 bits per heavy atom. The predicted molar refractivity (Wildman–Crippen MR) is 121 cm³/mol. The van der Waals surface area contributed by atoms with Crippen LogP contribution in [0.2, 0.25) is 0 Å². The lowest BCUT2D eigenvalue weighted by atomic mass is 9.86. The number of rotatable bonds is 5. The zero-order valence-corrected chi connectivity index (χ0v) is 19.6. The van der Waals surface area contributed by atoms with Crippen LogP contribution in [0.25, 0.3) is 0 Å². The molecule has 0 aliphatic heterocycles. The molecule has 1 atom stereocenters. The minimum absolute atomic E-state index is 0.0164. The standard InChI is InChI=1S/C23H32FN2O3S/c1-14(2)18-11-17(24)12-19(15(3)4)20(18)25-21(27)26-30(29)23(7)10-8-9-16(13-23)22(5,6)28/h8-12,14-15,28H,13H2,1-7H3,(H,25,27)/q-1. The number of nitrogens with zero attached hydrogens (tertiary/aromatic N) is 1. The lowest BCUT2D eigenvalue weighted by Gasteiger charge is -2.37. The highest BCUT2D eigenvalue weighted by Gasteiger charge is 2.27. The van der Waals surface area contributed by atoms with E-state index >= 15 is 0 Å². The first-order valence-corrected chi connectivity index (χ1v) is 11.2. The van der Waals surface area contributed by atoms with Gasteiger partial charge in [0.2, 0.25) is 0 Å². The van der Waals surface area contributed by atoms with Crippen LogP contribution in [0.3, 0.4) is 0 Å². The molecule has 0 bridgehead atoms. The maximum Gasteiger partial charge on any atom is 0.322 e. The Bertz CT molecular complexity index is 938. The average molecular weight is 436 g/mol. The van der Waals surface area contributed by atoms with Gasteiger partial charge in [-0.15, -0.1) is 0 Å². The first-order chi connectivity index (χ1) is 13.7. The maximum atomic E-state index is 14.1. The number of urea groups is 1. The van der Waals surface area contributed by atoms with E-state index in [2.05, 4.69) is 9.68 Å². The largest absolute Gasteiger partial charge is 0.443 e. The van der Waals surface area contributed by atoms with Gasteiger partial charge in [-0.3, -0.25) is 0 Å². The van der Waals surface area contributed by atoms with Gasteiger partial charge in [-0.25, -0.2) is 9.18 Å². The minimum Gasteiger partial charge on any atom is -0.443 e. The van der Waals surface area contributed by atoms with Crippen molar-refractivity contribution in [3.8, 4) is 0 Å². The lowest BCUT2D eigenvalue weighted by Crippen LogP contribution is -2.33. The molecule has 0 fully saturated rings. The minimum atomic E-state index is -1.87. The number of halogens is 1. The van der Waals surface area contributed by atoms with Gasteiger partial charge >= 0.3 is 6.03 Å². The fourth-order valence-electron chi connectivity index (χ4n) is 3.42. The third-order valence-electron chi connectivity index (χ3n) is 5.28. The van der Waals surface area contributed by atoms with Crippen molar-refractivity contribution in [1.82, 2.24) is 0 Å². The number of amides is 2. The summed E-state index contributed by atoms with van der Waals surface area (Å²) in [4.78, 5) is 12.7. The van der Waals surface area contributed by atoms with Crippen molar-refractivity contribution in [1.29, 1.82) is 0 Å². The molecule has 1 aromatic carbocycles. The second-order valence-electron chi connectivity index (χ2n) is 9.14. The Hall–Kier alpha value is -1.99. The highest BCUT2D eigenvalue weighted by atomic mass is 32.2. The number of carbonyl (C=O) groups excluding carboxylic acids is 1. The van der Waals surface area contributed by atoms with Crippen molar-refractivity contribution >= 4 is 22.3 Å². The molecule has 0 saturated carbocycles. The molecule has 2 amide bonds. The van der Waals surface area contributed by atoms with Crippen molar-refractivity contribution in [3.63, 3.8) is 0 Å². The van der Waals surface area contributed by atoms with E-state index in [1.165, 1.54) is 12.1 Å². The zero-order valence-electron chi connectivity index (χ0n) is 18.7. The van der Waals surface area contributed by atoms with E-state index < -0.39 is 27.0 Å². The Morgan fingerprint density at radius 2 is 1.77 bits per heavy atom. The van der Waals surface area contributed by atoms with Crippen LogP contribution in [0.1, 0.15) is 77.8 Å². The summed E-state index contributed by atoms with van der Waals surface area (Å²) in [6.45, 7) is 12.8. The number of hydrogen-bond donors (Lipinski definition) is 2. The van der Waals surface area contributed by atoms with Crippen molar-refractivity contribution < 1.29 is 18.5 Å². The summed E-state index contributed by atoms with van der Waals surface area (Å²) in [7, 11) is -1.87. The summed E-state index contributed by atoms with van der Waals surface area (Å²) in [6.07, 6.45) is 5.59. The number of allylic oxidation sites excluding steroid dienone is 2. The monoisotopic (exact) mass is 435 g/mol. The average Bonchev–Trinajstić information content (AvgIpc) is 2.61. The van der Waals surface area contributed by atoms with Crippen molar-refractivity contribution in [2.45, 2.75) is 77.1 Å². The molecule has 0 radical (unpaired) electrons. The molecule has 2 rings (SSSR count). The van der Waals surface area contributed by atoms with Gasteiger partial charge in [0.25, 0.3) is 0 Å². The van der Waals surface area contributed by atoms with Crippen molar-refractivity contribution in [2.24, 2.45) is 4.36 Å². The summed E-state index contributed by atoms with van der Waals surface area (Å²) in [5.74, 6) is -0.388. The molecule has 2 N–H and O–H groups in total. The lowest BCUT2D eigenvalue weighted by molar-refractivity contribution is 0.114. The first-order valence-electron chi connectivity index (χ1n) is 10.1. The van der Waals surface area contributed by atoms with E-state index in [4.69, 9.17) is 0 Å². The highest BCUT2D eigenvalue weighted by Crippen LogP contribution is 2.35. The summed E-state index contributed by atoms with van der Waals surface area (Å²) in [5.41, 5.74) is 1.53. The third kappa shape index (κ3) is 5.58. The number of nitrogens with one attached hydrogen (secondary N) is 1. The van der Waals surface area contributed by atoms with Crippen LogP contribution in [0.15, 0.2) is 40.3 Å². The van der Waals surface area contributed by atoms with Crippen molar-refractivity contribution in [2.75, 3.05) is 5.32 Å². The molecule has 0 spiro atoms. The van der Waals surface area contributed by atoms with E-state index in [9.17, 15) is 18.5 Å². The molecule has 5 nitrogen and oxygen atoms in total. The molecular formula is C23H32FN2O3S-. The molecule has 7 heteroatoms. The molecule has 0 aromatic heterocycles. The Balaban J connectivity index is 2.36. The van der Waals surface area contributed by atoms with Crippen LogP contribution >= 0.6 is 0 Å². The fourth-order valence-corrected chi connectivity index (χ4v) is 4.30. The first kappa shape index (κ1) is 24.3. The van der Waals surface area contributed by atoms with Gasteiger partial charge in [-0.05, 0) is 65.7 Å². The van der Waals surface area contributed by atoms with Gasteiger partial charge < -0.3 is 19.0 Å². The number of anilines is 1.